The molecule has 3 heterocycles. The maximum atomic E-state index is 11.8. The molecule has 1 N–H and O–H groups in total. The number of nitrogens with zero attached hydrogens (tertiary/aromatic N) is 1. The van der Waals surface area contributed by atoms with Crippen molar-refractivity contribution in [3.05, 3.63) is 71.1 Å². The highest BCUT2D eigenvalue weighted by molar-refractivity contribution is 5.95. The second-order valence-electron chi connectivity index (χ2n) is 8.05. The summed E-state index contributed by atoms with van der Waals surface area (Å²) < 4.78 is 10.9. The number of rotatable bonds is 6. The summed E-state index contributed by atoms with van der Waals surface area (Å²) in [5.74, 6) is 0.841. The second kappa shape index (κ2) is 8.00. The Labute approximate surface area is 175 Å². The van der Waals surface area contributed by atoms with Gasteiger partial charge in [0, 0.05) is 34.6 Å². The van der Waals surface area contributed by atoms with Gasteiger partial charge in [0.2, 0.25) is 0 Å². The van der Waals surface area contributed by atoms with E-state index in [4.69, 9.17) is 9.15 Å². The number of hydrogen-bond donors (Lipinski definition) is 1. The number of para-hydroxylation sites is 1. The molecule has 4 aromatic rings. The summed E-state index contributed by atoms with van der Waals surface area (Å²) in [7, 11) is 1.42. The molecule has 0 saturated carbocycles. The number of unbranched alkanes of at least 4 members (excludes halogenated alkanes) is 1. The number of methoxy groups -OCH3 is 1. The van der Waals surface area contributed by atoms with Crippen molar-refractivity contribution >= 4 is 27.8 Å². The Morgan fingerprint density at radius 3 is 2.97 bits per heavy atom. The predicted octanol–water partition coefficient (Wildman–Crippen LogP) is 5.08. The van der Waals surface area contributed by atoms with Gasteiger partial charge < -0.3 is 14.1 Å². The van der Waals surface area contributed by atoms with E-state index in [1.165, 1.54) is 23.6 Å². The van der Waals surface area contributed by atoms with Gasteiger partial charge in [0.25, 0.3) is 0 Å². The second-order valence-corrected chi connectivity index (χ2v) is 8.05. The van der Waals surface area contributed by atoms with Crippen molar-refractivity contribution in [1.29, 1.82) is 0 Å². The molecule has 154 valence electrons. The van der Waals surface area contributed by atoms with Crippen molar-refractivity contribution in [1.82, 2.24) is 9.88 Å². The number of carbonyl (C=O) groups is 1. The fraction of sp³-hybridized carbons (Fsp3) is 0.320. The van der Waals surface area contributed by atoms with Gasteiger partial charge in [-0.2, -0.15) is 0 Å². The quantitative estimate of drug-likeness (QED) is 0.361. The Bertz CT molecular complexity index is 1200. The number of nitrogens with one attached hydrogen (secondary N) is 1. The average molecular weight is 402 g/mol. The van der Waals surface area contributed by atoms with E-state index >= 15 is 0 Å². The molecular formula is C25H26N2O3. The highest BCUT2D eigenvalue weighted by Gasteiger charge is 2.22. The van der Waals surface area contributed by atoms with Crippen molar-refractivity contribution < 1.29 is 13.9 Å². The van der Waals surface area contributed by atoms with E-state index in [2.05, 4.69) is 34.3 Å². The first kappa shape index (κ1) is 18.9. The van der Waals surface area contributed by atoms with Crippen LogP contribution in [0.2, 0.25) is 0 Å². The first-order chi connectivity index (χ1) is 14.7. The molecule has 0 fully saturated rings. The van der Waals surface area contributed by atoms with Crippen molar-refractivity contribution in [3.8, 4) is 0 Å². The van der Waals surface area contributed by atoms with Crippen LogP contribution >= 0.6 is 0 Å². The van der Waals surface area contributed by atoms with Gasteiger partial charge in [-0.15, -0.1) is 0 Å². The molecule has 5 rings (SSSR count). The van der Waals surface area contributed by atoms with Crippen molar-refractivity contribution in [3.63, 3.8) is 0 Å². The van der Waals surface area contributed by atoms with E-state index in [-0.39, 0.29) is 5.97 Å². The van der Waals surface area contributed by atoms with E-state index in [1.54, 1.807) is 6.07 Å². The lowest BCUT2D eigenvalue weighted by molar-refractivity contribution is 0.0601. The minimum atomic E-state index is -0.292. The fourth-order valence-corrected chi connectivity index (χ4v) is 4.58. The summed E-state index contributed by atoms with van der Waals surface area (Å²) in [6.45, 7) is 3.07. The van der Waals surface area contributed by atoms with Crippen molar-refractivity contribution in [2.45, 2.75) is 32.2 Å². The molecule has 0 saturated heterocycles. The van der Waals surface area contributed by atoms with Gasteiger partial charge in [-0.1, -0.05) is 18.2 Å². The molecule has 1 aliphatic rings. The summed E-state index contributed by atoms with van der Waals surface area (Å²) in [6.07, 6.45) is 6.37. The Morgan fingerprint density at radius 1 is 1.17 bits per heavy atom. The number of furan rings is 1. The van der Waals surface area contributed by atoms with Crippen LogP contribution in [0.5, 0.6) is 0 Å². The molecule has 0 radical (unpaired) electrons. The molecule has 2 aromatic heterocycles. The molecule has 0 unspecified atom stereocenters. The molecule has 0 spiro atoms. The van der Waals surface area contributed by atoms with E-state index in [0.29, 0.717) is 5.56 Å². The summed E-state index contributed by atoms with van der Waals surface area (Å²) in [5.41, 5.74) is 5.32. The largest absolute Gasteiger partial charge is 0.465 e. The van der Waals surface area contributed by atoms with Gasteiger partial charge in [-0.3, -0.25) is 4.90 Å². The predicted molar refractivity (Wildman–Crippen MR) is 118 cm³/mol. The highest BCUT2D eigenvalue weighted by atomic mass is 16.5. The first-order valence-corrected chi connectivity index (χ1v) is 10.6. The molecule has 0 atom stereocenters. The van der Waals surface area contributed by atoms with Gasteiger partial charge >= 0.3 is 5.97 Å². The zero-order valence-electron chi connectivity index (χ0n) is 17.2. The summed E-state index contributed by atoms with van der Waals surface area (Å²) in [5, 5.41) is 2.39. The van der Waals surface area contributed by atoms with Crippen LogP contribution < -0.4 is 0 Å². The van der Waals surface area contributed by atoms with Crippen LogP contribution in [0.1, 0.15) is 40.1 Å². The van der Waals surface area contributed by atoms with E-state index in [9.17, 15) is 4.79 Å². The minimum Gasteiger partial charge on any atom is -0.465 e. The SMILES string of the molecule is COC(=O)c1ccc2[nH]cc(CCCCN3CCc4c(oc5ccccc45)C3)c2c1. The van der Waals surface area contributed by atoms with Crippen LogP contribution in [0.25, 0.3) is 21.9 Å². The lowest BCUT2D eigenvalue weighted by atomic mass is 10.0. The van der Waals surface area contributed by atoms with E-state index in [1.807, 2.05) is 18.2 Å². The molecular weight excluding hydrogens is 376 g/mol. The third kappa shape index (κ3) is 3.50. The monoisotopic (exact) mass is 402 g/mol. The number of H-pyrrole nitrogens is 1. The Morgan fingerprint density at radius 2 is 2.07 bits per heavy atom. The number of hydrogen-bond acceptors (Lipinski definition) is 4. The standard InChI is InChI=1S/C25H26N2O3/c1-29-25(28)17-9-10-22-21(14-17)18(15-26-22)6-4-5-12-27-13-11-20-19-7-2-3-8-23(19)30-24(20)16-27/h2-3,7-10,14-15,26H,4-6,11-13,16H2,1H3. The van der Waals surface area contributed by atoms with E-state index in [0.717, 1.165) is 67.6 Å². The molecule has 5 nitrogen and oxygen atoms in total. The number of benzene rings is 2. The number of carbonyl (C=O) groups excluding carboxylic acids is 1. The third-order valence-electron chi connectivity index (χ3n) is 6.19. The van der Waals surface area contributed by atoms with Crippen LogP contribution in [-0.4, -0.2) is 36.1 Å². The fourth-order valence-electron chi connectivity index (χ4n) is 4.58. The summed E-state index contributed by atoms with van der Waals surface area (Å²) in [4.78, 5) is 17.6. The Hall–Kier alpha value is -3.05. The third-order valence-corrected chi connectivity index (χ3v) is 6.19. The van der Waals surface area contributed by atoms with Crippen LogP contribution in [-0.2, 0) is 24.1 Å². The number of fused-ring (bicyclic) bond motifs is 4. The zero-order valence-corrected chi connectivity index (χ0v) is 17.2. The molecule has 30 heavy (non-hydrogen) atoms. The number of aromatic amines is 1. The Balaban J connectivity index is 1.18. The molecule has 0 amide bonds. The first-order valence-electron chi connectivity index (χ1n) is 10.6. The maximum absolute atomic E-state index is 11.8. The van der Waals surface area contributed by atoms with Crippen molar-refractivity contribution in [2.24, 2.45) is 0 Å². The number of ether oxygens (including phenoxy) is 1. The van der Waals surface area contributed by atoms with Crippen LogP contribution in [0.3, 0.4) is 0 Å². The van der Waals surface area contributed by atoms with Gasteiger partial charge in [-0.05, 0) is 62.1 Å². The number of aryl methyl sites for hydroxylation is 1. The molecule has 0 aliphatic carbocycles. The topological polar surface area (TPSA) is 58.5 Å². The summed E-state index contributed by atoms with van der Waals surface area (Å²) >= 11 is 0. The smallest absolute Gasteiger partial charge is 0.337 e. The highest BCUT2D eigenvalue weighted by Crippen LogP contribution is 2.30. The van der Waals surface area contributed by atoms with Crippen LogP contribution in [0.15, 0.2) is 53.1 Å². The minimum absolute atomic E-state index is 0.292. The zero-order chi connectivity index (χ0) is 20.5. The maximum Gasteiger partial charge on any atom is 0.337 e. The summed E-state index contributed by atoms with van der Waals surface area (Å²) in [6, 6.07) is 14.0. The Kier molecular flexibility index (Phi) is 5.05. The van der Waals surface area contributed by atoms with Gasteiger partial charge in [0.15, 0.2) is 0 Å². The lowest BCUT2D eigenvalue weighted by Crippen LogP contribution is -2.30. The molecule has 5 heteroatoms. The molecule has 1 aliphatic heterocycles. The van der Waals surface area contributed by atoms with Gasteiger partial charge in [0.05, 0.1) is 19.2 Å². The van der Waals surface area contributed by atoms with Gasteiger partial charge in [0.1, 0.15) is 11.3 Å². The average Bonchev–Trinajstić information content (AvgIpc) is 3.36. The molecule has 2 aromatic carbocycles. The van der Waals surface area contributed by atoms with Crippen LogP contribution in [0, 0.1) is 0 Å². The number of esters is 1. The van der Waals surface area contributed by atoms with Gasteiger partial charge in [-0.25, -0.2) is 4.79 Å². The number of aromatic nitrogens is 1. The normalized spacial score (nSPS) is 14.3. The van der Waals surface area contributed by atoms with Crippen LogP contribution in [0.4, 0.5) is 0 Å². The van der Waals surface area contributed by atoms with Crippen molar-refractivity contribution in [2.75, 3.05) is 20.2 Å². The lowest BCUT2D eigenvalue weighted by Gasteiger charge is -2.25. The molecule has 0 bridgehead atoms. The van der Waals surface area contributed by atoms with E-state index < -0.39 is 0 Å².